The Morgan fingerprint density at radius 3 is 2.88 bits per heavy atom. The molecule has 4 nitrogen and oxygen atoms in total. The number of aliphatic hydroxyl groups is 1. The molecule has 2 aromatic rings. The molecule has 2 aromatic carbocycles. The molecule has 0 spiro atoms. The molecule has 3 rings (SSSR count). The molecule has 0 aromatic heterocycles. The summed E-state index contributed by atoms with van der Waals surface area (Å²) in [7, 11) is 1.64. The predicted octanol–water partition coefficient (Wildman–Crippen LogP) is 2.92. The fourth-order valence-electron chi connectivity index (χ4n) is 3.77. The zero-order valence-corrected chi connectivity index (χ0v) is 14.7. The van der Waals surface area contributed by atoms with Crippen molar-refractivity contribution in [3.8, 4) is 0 Å². The summed E-state index contributed by atoms with van der Waals surface area (Å²) >= 11 is 0. The number of nitrogens with one attached hydrogen (secondary N) is 1. The van der Waals surface area contributed by atoms with Crippen molar-refractivity contribution in [1.82, 2.24) is 10.2 Å². The summed E-state index contributed by atoms with van der Waals surface area (Å²) in [6.45, 7) is 1.49. The SMILES string of the molecule is CNC(=O)c1cccc(CN(CCO)C2CCCc3ccccc32)c1. The Balaban J connectivity index is 1.84. The van der Waals surface area contributed by atoms with Crippen molar-refractivity contribution in [3.05, 3.63) is 70.8 Å². The van der Waals surface area contributed by atoms with E-state index in [4.69, 9.17) is 0 Å². The maximum absolute atomic E-state index is 11.9. The first-order valence-corrected chi connectivity index (χ1v) is 8.96. The van der Waals surface area contributed by atoms with Gasteiger partial charge >= 0.3 is 0 Å². The first-order valence-electron chi connectivity index (χ1n) is 8.96. The van der Waals surface area contributed by atoms with E-state index in [1.807, 2.05) is 24.3 Å². The van der Waals surface area contributed by atoms with E-state index in [1.165, 1.54) is 17.5 Å². The van der Waals surface area contributed by atoms with Crippen molar-refractivity contribution in [2.45, 2.75) is 31.8 Å². The monoisotopic (exact) mass is 338 g/mol. The van der Waals surface area contributed by atoms with Crippen LogP contribution in [0.3, 0.4) is 0 Å². The third-order valence-corrected chi connectivity index (χ3v) is 4.97. The summed E-state index contributed by atoms with van der Waals surface area (Å²) < 4.78 is 0. The maximum atomic E-state index is 11.9. The van der Waals surface area contributed by atoms with Crippen LogP contribution in [0.1, 0.15) is 45.9 Å². The van der Waals surface area contributed by atoms with Crippen molar-refractivity contribution in [2.24, 2.45) is 0 Å². The maximum Gasteiger partial charge on any atom is 0.251 e. The Morgan fingerprint density at radius 2 is 2.08 bits per heavy atom. The molecule has 0 bridgehead atoms. The average molecular weight is 338 g/mol. The van der Waals surface area contributed by atoms with E-state index in [0.29, 0.717) is 18.2 Å². The minimum absolute atomic E-state index is 0.0708. The Labute approximate surface area is 149 Å². The van der Waals surface area contributed by atoms with Crippen LogP contribution in [0.15, 0.2) is 48.5 Å². The Hall–Kier alpha value is -2.17. The molecule has 0 heterocycles. The largest absolute Gasteiger partial charge is 0.395 e. The highest BCUT2D eigenvalue weighted by molar-refractivity contribution is 5.94. The van der Waals surface area contributed by atoms with Gasteiger partial charge in [0.1, 0.15) is 0 Å². The standard InChI is InChI=1S/C21H26N2O2/c1-22-21(25)18-9-4-6-16(14-18)15-23(12-13-24)20-11-5-8-17-7-2-3-10-19(17)20/h2-4,6-7,9-10,14,20,24H,5,8,11-13,15H2,1H3,(H,22,25). The molecule has 0 aliphatic heterocycles. The molecule has 2 N–H and O–H groups in total. The van der Waals surface area contributed by atoms with Crippen molar-refractivity contribution in [2.75, 3.05) is 20.2 Å². The van der Waals surface area contributed by atoms with Crippen LogP contribution in [0.25, 0.3) is 0 Å². The van der Waals surface area contributed by atoms with Gasteiger partial charge in [0, 0.05) is 31.7 Å². The van der Waals surface area contributed by atoms with Crippen LogP contribution in [0.2, 0.25) is 0 Å². The van der Waals surface area contributed by atoms with Crippen LogP contribution in [-0.4, -0.2) is 36.1 Å². The Kier molecular flexibility index (Phi) is 5.84. The highest BCUT2D eigenvalue weighted by Gasteiger charge is 2.25. The molecule has 1 unspecified atom stereocenters. The quantitative estimate of drug-likeness (QED) is 0.851. The number of hydrogen-bond donors (Lipinski definition) is 2. The van der Waals surface area contributed by atoms with E-state index in [-0.39, 0.29) is 12.5 Å². The zero-order chi connectivity index (χ0) is 17.6. The van der Waals surface area contributed by atoms with Gasteiger partial charge in [-0.1, -0.05) is 36.4 Å². The molecule has 1 aliphatic carbocycles. The summed E-state index contributed by atoms with van der Waals surface area (Å²) in [4.78, 5) is 14.2. The van der Waals surface area contributed by atoms with E-state index in [9.17, 15) is 9.90 Å². The van der Waals surface area contributed by atoms with E-state index in [2.05, 4.69) is 34.5 Å². The number of aryl methyl sites for hydroxylation is 1. The van der Waals surface area contributed by atoms with Gasteiger partial charge in [-0.3, -0.25) is 9.69 Å². The molecule has 25 heavy (non-hydrogen) atoms. The summed E-state index contributed by atoms with van der Waals surface area (Å²) in [6.07, 6.45) is 3.40. The second-order valence-electron chi connectivity index (χ2n) is 6.58. The summed E-state index contributed by atoms with van der Waals surface area (Å²) in [5, 5.41) is 12.2. The van der Waals surface area contributed by atoms with Gasteiger partial charge < -0.3 is 10.4 Å². The van der Waals surface area contributed by atoms with Gasteiger partial charge in [-0.25, -0.2) is 0 Å². The van der Waals surface area contributed by atoms with Crippen LogP contribution in [0.4, 0.5) is 0 Å². The third kappa shape index (κ3) is 4.09. The van der Waals surface area contributed by atoms with Crippen LogP contribution in [0.5, 0.6) is 0 Å². The van der Waals surface area contributed by atoms with Gasteiger partial charge in [0.05, 0.1) is 6.61 Å². The van der Waals surface area contributed by atoms with Crippen LogP contribution in [-0.2, 0) is 13.0 Å². The van der Waals surface area contributed by atoms with E-state index in [0.717, 1.165) is 24.9 Å². The molecule has 1 amide bonds. The molecule has 0 fully saturated rings. The fourth-order valence-corrected chi connectivity index (χ4v) is 3.77. The number of benzene rings is 2. The van der Waals surface area contributed by atoms with Crippen molar-refractivity contribution < 1.29 is 9.90 Å². The average Bonchev–Trinajstić information content (AvgIpc) is 2.67. The van der Waals surface area contributed by atoms with Gasteiger partial charge in [-0.15, -0.1) is 0 Å². The third-order valence-electron chi connectivity index (χ3n) is 4.97. The number of amides is 1. The highest BCUT2D eigenvalue weighted by atomic mass is 16.3. The number of carbonyl (C=O) groups excluding carboxylic acids is 1. The molecule has 0 saturated carbocycles. The van der Waals surface area contributed by atoms with E-state index >= 15 is 0 Å². The van der Waals surface area contributed by atoms with Gasteiger partial charge in [0.15, 0.2) is 0 Å². The normalized spacial score (nSPS) is 16.5. The number of aliphatic hydroxyl groups excluding tert-OH is 1. The second-order valence-corrected chi connectivity index (χ2v) is 6.58. The van der Waals surface area contributed by atoms with Crippen LogP contribution >= 0.6 is 0 Å². The van der Waals surface area contributed by atoms with E-state index < -0.39 is 0 Å². The molecule has 4 heteroatoms. The molecule has 0 radical (unpaired) electrons. The Morgan fingerprint density at radius 1 is 1.24 bits per heavy atom. The topological polar surface area (TPSA) is 52.6 Å². The number of nitrogens with zero attached hydrogens (tertiary/aromatic N) is 1. The Bertz CT molecular complexity index is 729. The van der Waals surface area contributed by atoms with Crippen LogP contribution in [0, 0.1) is 0 Å². The smallest absolute Gasteiger partial charge is 0.251 e. The van der Waals surface area contributed by atoms with Crippen molar-refractivity contribution >= 4 is 5.91 Å². The van der Waals surface area contributed by atoms with E-state index in [1.54, 1.807) is 7.05 Å². The van der Waals surface area contributed by atoms with Gasteiger partial charge in [-0.2, -0.15) is 0 Å². The molecule has 1 aliphatic rings. The second kappa shape index (κ2) is 8.28. The molecule has 1 atom stereocenters. The highest BCUT2D eigenvalue weighted by Crippen LogP contribution is 2.34. The lowest BCUT2D eigenvalue weighted by Crippen LogP contribution is -2.33. The predicted molar refractivity (Wildman–Crippen MR) is 99.4 cm³/mol. The van der Waals surface area contributed by atoms with Gasteiger partial charge in [-0.05, 0) is 48.1 Å². The number of fused-ring (bicyclic) bond motifs is 1. The fraction of sp³-hybridized carbons (Fsp3) is 0.381. The number of carbonyl (C=O) groups is 1. The zero-order valence-electron chi connectivity index (χ0n) is 14.7. The first kappa shape index (κ1) is 17.6. The van der Waals surface area contributed by atoms with Crippen molar-refractivity contribution in [1.29, 1.82) is 0 Å². The lowest BCUT2D eigenvalue weighted by molar-refractivity contribution is 0.0962. The van der Waals surface area contributed by atoms with Crippen LogP contribution < -0.4 is 5.32 Å². The number of hydrogen-bond acceptors (Lipinski definition) is 3. The van der Waals surface area contributed by atoms with Crippen molar-refractivity contribution in [3.63, 3.8) is 0 Å². The summed E-state index contributed by atoms with van der Waals surface area (Å²) in [6, 6.07) is 16.7. The lowest BCUT2D eigenvalue weighted by Gasteiger charge is -2.35. The summed E-state index contributed by atoms with van der Waals surface area (Å²) in [5.41, 5.74) is 4.57. The molecular formula is C21H26N2O2. The number of rotatable bonds is 6. The summed E-state index contributed by atoms with van der Waals surface area (Å²) in [5.74, 6) is -0.0708. The van der Waals surface area contributed by atoms with Gasteiger partial charge in [0.2, 0.25) is 0 Å². The minimum atomic E-state index is -0.0708. The first-order chi connectivity index (χ1) is 12.2. The molecule has 0 saturated heterocycles. The molecular weight excluding hydrogens is 312 g/mol. The molecule has 132 valence electrons. The minimum Gasteiger partial charge on any atom is -0.395 e. The lowest BCUT2D eigenvalue weighted by atomic mass is 9.86. The van der Waals surface area contributed by atoms with Gasteiger partial charge in [0.25, 0.3) is 5.91 Å².